The van der Waals surface area contributed by atoms with Crippen LogP contribution >= 0.6 is 12.4 Å². The number of amides is 2. The van der Waals surface area contributed by atoms with E-state index < -0.39 is 27.9 Å². The zero-order valence-electron chi connectivity index (χ0n) is 13.6. The Labute approximate surface area is 152 Å². The molecule has 0 spiro atoms. The zero-order chi connectivity index (χ0) is 17.5. The Kier molecular flexibility index (Phi) is 5.72. The lowest BCUT2D eigenvalue weighted by Crippen LogP contribution is -2.34. The standard InChI is InChI=1S/C15H19N3O5S.ClH/c1-2-18-15(21)11-4-3-9(5-13(11)24(18,22)23)14(20)17-7-10-6-16-8-12(10)19;/h3-5,10,12,16,19H,2,6-8H2,1H3,(H,17,20);1H. The number of β-amino-alcohol motifs (C(OH)–C–C–N with tert-alkyl or cyclic N) is 1. The summed E-state index contributed by atoms with van der Waals surface area (Å²) < 4.78 is 25.5. The first-order valence-corrected chi connectivity index (χ1v) is 9.18. The van der Waals surface area contributed by atoms with E-state index in [1.807, 2.05) is 0 Å². The van der Waals surface area contributed by atoms with E-state index in [1.54, 1.807) is 6.92 Å². The molecule has 8 nitrogen and oxygen atoms in total. The Morgan fingerprint density at radius 2 is 2.12 bits per heavy atom. The minimum Gasteiger partial charge on any atom is -0.391 e. The van der Waals surface area contributed by atoms with Gasteiger partial charge in [0, 0.05) is 37.7 Å². The third-order valence-electron chi connectivity index (χ3n) is 4.38. The number of aliphatic hydroxyl groups is 1. The molecule has 25 heavy (non-hydrogen) atoms. The van der Waals surface area contributed by atoms with Gasteiger partial charge in [0.15, 0.2) is 0 Å². The summed E-state index contributed by atoms with van der Waals surface area (Å²) in [5.74, 6) is -1.08. The van der Waals surface area contributed by atoms with Gasteiger partial charge in [0.1, 0.15) is 4.90 Å². The molecule has 3 N–H and O–H groups in total. The summed E-state index contributed by atoms with van der Waals surface area (Å²) in [6.07, 6.45) is -0.513. The summed E-state index contributed by atoms with van der Waals surface area (Å²) in [5.41, 5.74) is 0.257. The number of halogens is 1. The molecule has 3 rings (SSSR count). The van der Waals surface area contributed by atoms with Crippen LogP contribution in [0.3, 0.4) is 0 Å². The Morgan fingerprint density at radius 3 is 2.72 bits per heavy atom. The number of hydrogen-bond acceptors (Lipinski definition) is 6. The minimum absolute atomic E-state index is 0. The summed E-state index contributed by atoms with van der Waals surface area (Å²) in [6, 6.07) is 4.03. The second kappa shape index (κ2) is 7.28. The maximum atomic E-state index is 12.3. The van der Waals surface area contributed by atoms with Crippen LogP contribution in [0.4, 0.5) is 0 Å². The first-order valence-electron chi connectivity index (χ1n) is 7.74. The van der Waals surface area contributed by atoms with Crippen molar-refractivity contribution < 1.29 is 23.1 Å². The highest BCUT2D eigenvalue weighted by Crippen LogP contribution is 2.30. The minimum atomic E-state index is -3.89. The average Bonchev–Trinajstić information content (AvgIpc) is 3.04. The molecule has 10 heteroatoms. The molecule has 2 aliphatic heterocycles. The van der Waals surface area contributed by atoms with E-state index >= 15 is 0 Å². The maximum absolute atomic E-state index is 12.3. The normalized spacial score (nSPS) is 23.9. The van der Waals surface area contributed by atoms with Gasteiger partial charge in [-0.3, -0.25) is 9.59 Å². The number of benzene rings is 1. The molecule has 0 radical (unpaired) electrons. The van der Waals surface area contributed by atoms with Gasteiger partial charge in [-0.25, -0.2) is 12.7 Å². The van der Waals surface area contributed by atoms with Gasteiger partial charge in [-0.05, 0) is 25.1 Å². The molecule has 0 aromatic heterocycles. The van der Waals surface area contributed by atoms with Crippen molar-refractivity contribution in [3.63, 3.8) is 0 Å². The average molecular weight is 390 g/mol. The summed E-state index contributed by atoms with van der Waals surface area (Å²) in [4.78, 5) is 24.2. The van der Waals surface area contributed by atoms with Crippen molar-refractivity contribution in [2.45, 2.75) is 17.9 Å². The van der Waals surface area contributed by atoms with Gasteiger partial charge in [-0.2, -0.15) is 0 Å². The van der Waals surface area contributed by atoms with E-state index in [1.165, 1.54) is 18.2 Å². The molecule has 2 heterocycles. The SMILES string of the molecule is CCN1C(=O)c2ccc(C(=O)NCC3CNCC3O)cc2S1(=O)=O.Cl. The maximum Gasteiger partial charge on any atom is 0.268 e. The van der Waals surface area contributed by atoms with Gasteiger partial charge in [-0.1, -0.05) is 0 Å². The molecule has 0 aliphatic carbocycles. The Bertz CT molecular complexity index is 798. The summed E-state index contributed by atoms with van der Waals surface area (Å²) in [7, 11) is -3.89. The number of nitrogens with one attached hydrogen (secondary N) is 2. The van der Waals surface area contributed by atoms with Crippen LogP contribution in [0, 0.1) is 5.92 Å². The largest absolute Gasteiger partial charge is 0.391 e. The van der Waals surface area contributed by atoms with Crippen LogP contribution in [0.25, 0.3) is 0 Å². The van der Waals surface area contributed by atoms with Crippen molar-refractivity contribution in [1.29, 1.82) is 0 Å². The number of carbonyl (C=O) groups excluding carboxylic acids is 2. The van der Waals surface area contributed by atoms with E-state index in [-0.39, 0.29) is 47.4 Å². The Hall–Kier alpha value is -1.68. The molecular weight excluding hydrogens is 370 g/mol. The highest BCUT2D eigenvalue weighted by molar-refractivity contribution is 7.90. The van der Waals surface area contributed by atoms with E-state index in [0.29, 0.717) is 13.1 Å². The predicted molar refractivity (Wildman–Crippen MR) is 92.3 cm³/mol. The highest BCUT2D eigenvalue weighted by atomic mass is 35.5. The molecule has 0 saturated carbocycles. The number of nitrogens with zero attached hydrogens (tertiary/aromatic N) is 1. The molecule has 1 fully saturated rings. The van der Waals surface area contributed by atoms with Gasteiger partial charge in [-0.15, -0.1) is 12.4 Å². The van der Waals surface area contributed by atoms with Crippen LogP contribution in [-0.4, -0.2) is 61.9 Å². The zero-order valence-corrected chi connectivity index (χ0v) is 15.2. The van der Waals surface area contributed by atoms with Gasteiger partial charge < -0.3 is 15.7 Å². The van der Waals surface area contributed by atoms with Crippen LogP contribution in [0.15, 0.2) is 23.1 Å². The van der Waals surface area contributed by atoms with Crippen molar-refractivity contribution in [3.05, 3.63) is 29.3 Å². The van der Waals surface area contributed by atoms with Crippen LogP contribution in [-0.2, 0) is 10.0 Å². The number of sulfonamides is 1. The van der Waals surface area contributed by atoms with Gasteiger partial charge in [0.25, 0.3) is 21.8 Å². The van der Waals surface area contributed by atoms with Gasteiger partial charge in [0.2, 0.25) is 0 Å². The van der Waals surface area contributed by atoms with E-state index in [4.69, 9.17) is 0 Å². The lowest BCUT2D eigenvalue weighted by atomic mass is 10.1. The Balaban J connectivity index is 0.00000225. The number of fused-ring (bicyclic) bond motifs is 1. The number of aliphatic hydroxyl groups excluding tert-OH is 1. The van der Waals surface area contributed by atoms with E-state index in [0.717, 1.165) is 4.31 Å². The lowest BCUT2D eigenvalue weighted by Gasteiger charge is -2.14. The number of rotatable bonds is 4. The third-order valence-corrected chi connectivity index (χ3v) is 6.28. The van der Waals surface area contributed by atoms with Crippen LogP contribution in [0.1, 0.15) is 27.6 Å². The van der Waals surface area contributed by atoms with Crippen molar-refractivity contribution in [1.82, 2.24) is 14.9 Å². The second-order valence-electron chi connectivity index (χ2n) is 5.88. The molecule has 0 bridgehead atoms. The fourth-order valence-corrected chi connectivity index (χ4v) is 4.59. The quantitative estimate of drug-likeness (QED) is 0.644. The third kappa shape index (κ3) is 3.37. The molecule has 1 aromatic rings. The fourth-order valence-electron chi connectivity index (χ4n) is 2.98. The second-order valence-corrected chi connectivity index (χ2v) is 7.71. The Morgan fingerprint density at radius 1 is 1.40 bits per heavy atom. The van der Waals surface area contributed by atoms with Crippen molar-refractivity contribution in [2.24, 2.45) is 5.92 Å². The fraction of sp³-hybridized carbons (Fsp3) is 0.467. The molecule has 2 unspecified atom stereocenters. The van der Waals surface area contributed by atoms with Crippen LogP contribution in [0.5, 0.6) is 0 Å². The molecule has 2 atom stereocenters. The smallest absolute Gasteiger partial charge is 0.268 e. The van der Waals surface area contributed by atoms with Crippen molar-refractivity contribution in [3.8, 4) is 0 Å². The number of carbonyl (C=O) groups is 2. The summed E-state index contributed by atoms with van der Waals surface area (Å²) >= 11 is 0. The van der Waals surface area contributed by atoms with Crippen LogP contribution in [0.2, 0.25) is 0 Å². The topological polar surface area (TPSA) is 116 Å². The molecule has 1 saturated heterocycles. The highest BCUT2D eigenvalue weighted by Gasteiger charge is 2.40. The van der Waals surface area contributed by atoms with Gasteiger partial charge >= 0.3 is 0 Å². The number of hydrogen-bond donors (Lipinski definition) is 3. The van der Waals surface area contributed by atoms with Crippen molar-refractivity contribution >= 4 is 34.2 Å². The van der Waals surface area contributed by atoms with Gasteiger partial charge in [0.05, 0.1) is 11.7 Å². The van der Waals surface area contributed by atoms with Crippen LogP contribution < -0.4 is 10.6 Å². The van der Waals surface area contributed by atoms with E-state index in [9.17, 15) is 23.1 Å². The monoisotopic (exact) mass is 389 g/mol. The molecule has 2 aliphatic rings. The van der Waals surface area contributed by atoms with E-state index in [2.05, 4.69) is 10.6 Å². The first kappa shape index (κ1) is 19.6. The van der Waals surface area contributed by atoms with Crippen molar-refractivity contribution in [2.75, 3.05) is 26.2 Å². The predicted octanol–water partition coefficient (Wildman–Crippen LogP) is -0.417. The molecule has 2 amide bonds. The molecule has 138 valence electrons. The summed E-state index contributed by atoms with van der Waals surface area (Å²) in [6.45, 7) is 3.02. The molecular formula is C15H20ClN3O5S. The molecule has 1 aromatic carbocycles. The lowest BCUT2D eigenvalue weighted by molar-refractivity contribution is 0.0873. The summed E-state index contributed by atoms with van der Waals surface area (Å²) in [5, 5.41) is 15.4. The first-order chi connectivity index (χ1) is 11.4.